The first-order valence-corrected chi connectivity index (χ1v) is 4.17. The second kappa shape index (κ2) is 4.40. The molecule has 0 aromatic heterocycles. The standard InChI is InChI=1S/C9H12S/c10-8-4-7-9-5-2-1-3-6-9/h1-3,5,8-9H,4,6-7H2. The number of rotatable bonds is 3. The van der Waals surface area contributed by atoms with E-state index >= 15 is 0 Å². The third-order valence-corrected chi connectivity index (χ3v) is 1.96. The Hall–Kier alpha value is -0.430. The van der Waals surface area contributed by atoms with Crippen molar-refractivity contribution in [3.05, 3.63) is 24.3 Å². The molecule has 1 heteroatoms. The number of allylic oxidation sites excluding steroid dienone is 4. The molecule has 1 aliphatic carbocycles. The van der Waals surface area contributed by atoms with Gasteiger partial charge in [0.25, 0.3) is 0 Å². The first kappa shape index (κ1) is 7.67. The Morgan fingerprint density at radius 1 is 1.50 bits per heavy atom. The van der Waals surface area contributed by atoms with Gasteiger partial charge in [-0.2, -0.15) is 0 Å². The van der Waals surface area contributed by atoms with Crippen molar-refractivity contribution >= 4 is 17.6 Å². The molecule has 0 amide bonds. The van der Waals surface area contributed by atoms with Crippen molar-refractivity contribution in [3.63, 3.8) is 0 Å². The molecule has 0 saturated heterocycles. The summed E-state index contributed by atoms with van der Waals surface area (Å²) < 4.78 is 0. The van der Waals surface area contributed by atoms with Gasteiger partial charge in [-0.1, -0.05) is 36.5 Å². The van der Waals surface area contributed by atoms with E-state index in [1.165, 1.54) is 12.8 Å². The van der Waals surface area contributed by atoms with Gasteiger partial charge in [0.1, 0.15) is 0 Å². The fourth-order valence-corrected chi connectivity index (χ4v) is 1.26. The molecule has 1 aliphatic rings. The minimum absolute atomic E-state index is 0.740. The molecule has 54 valence electrons. The van der Waals surface area contributed by atoms with E-state index in [1.807, 2.05) is 5.37 Å². The lowest BCUT2D eigenvalue weighted by Crippen LogP contribution is -1.96. The van der Waals surface area contributed by atoms with Gasteiger partial charge in [0, 0.05) is 0 Å². The van der Waals surface area contributed by atoms with Gasteiger partial charge in [-0.05, 0) is 30.5 Å². The molecule has 0 spiro atoms. The highest BCUT2D eigenvalue weighted by molar-refractivity contribution is 7.78. The average molecular weight is 152 g/mol. The van der Waals surface area contributed by atoms with Gasteiger partial charge in [-0.3, -0.25) is 0 Å². The topological polar surface area (TPSA) is 0 Å². The van der Waals surface area contributed by atoms with E-state index < -0.39 is 0 Å². The van der Waals surface area contributed by atoms with Crippen LogP contribution in [0.3, 0.4) is 0 Å². The van der Waals surface area contributed by atoms with Crippen molar-refractivity contribution in [2.75, 3.05) is 0 Å². The SMILES string of the molecule is S=CCCC1C=CC=CC1. The van der Waals surface area contributed by atoms with Crippen molar-refractivity contribution in [1.29, 1.82) is 0 Å². The van der Waals surface area contributed by atoms with Crippen molar-refractivity contribution in [2.24, 2.45) is 5.92 Å². The van der Waals surface area contributed by atoms with E-state index in [2.05, 4.69) is 24.3 Å². The van der Waals surface area contributed by atoms with Gasteiger partial charge < -0.3 is 0 Å². The second-order valence-electron chi connectivity index (χ2n) is 2.55. The maximum Gasteiger partial charge on any atom is -0.0192 e. The zero-order valence-corrected chi connectivity index (χ0v) is 6.81. The van der Waals surface area contributed by atoms with E-state index in [9.17, 15) is 0 Å². The molecule has 0 aromatic rings. The fourth-order valence-electron chi connectivity index (χ4n) is 1.13. The van der Waals surface area contributed by atoms with Crippen LogP contribution < -0.4 is 0 Å². The van der Waals surface area contributed by atoms with Crippen LogP contribution in [0.15, 0.2) is 24.3 Å². The Kier molecular flexibility index (Phi) is 3.37. The summed E-state index contributed by atoms with van der Waals surface area (Å²) in [7, 11) is 0. The summed E-state index contributed by atoms with van der Waals surface area (Å²) in [6, 6.07) is 0. The average Bonchev–Trinajstić information content (AvgIpc) is 2.03. The minimum Gasteiger partial charge on any atom is -0.0935 e. The molecule has 0 nitrogen and oxygen atoms in total. The molecule has 1 rings (SSSR count). The fraction of sp³-hybridized carbons (Fsp3) is 0.444. The lowest BCUT2D eigenvalue weighted by Gasteiger charge is -2.09. The smallest absolute Gasteiger partial charge is 0.0192 e. The van der Waals surface area contributed by atoms with E-state index in [4.69, 9.17) is 12.2 Å². The van der Waals surface area contributed by atoms with Crippen molar-refractivity contribution in [3.8, 4) is 0 Å². The Bertz CT molecular complexity index is 156. The summed E-state index contributed by atoms with van der Waals surface area (Å²) in [5.74, 6) is 0.740. The van der Waals surface area contributed by atoms with Crippen LogP contribution in [0, 0.1) is 5.92 Å². The molecular formula is C9H12S. The largest absolute Gasteiger partial charge is 0.0935 e. The zero-order valence-electron chi connectivity index (χ0n) is 5.99. The molecule has 0 saturated carbocycles. The zero-order chi connectivity index (χ0) is 7.23. The Balaban J connectivity index is 2.23. The van der Waals surface area contributed by atoms with E-state index in [1.54, 1.807) is 0 Å². The molecule has 0 radical (unpaired) electrons. The summed E-state index contributed by atoms with van der Waals surface area (Å²) in [4.78, 5) is 0. The van der Waals surface area contributed by atoms with Crippen molar-refractivity contribution < 1.29 is 0 Å². The molecule has 10 heavy (non-hydrogen) atoms. The van der Waals surface area contributed by atoms with Crippen LogP contribution >= 0.6 is 12.2 Å². The minimum atomic E-state index is 0.740. The highest BCUT2D eigenvalue weighted by atomic mass is 32.1. The predicted molar refractivity (Wildman–Crippen MR) is 49.3 cm³/mol. The number of hydrogen-bond acceptors (Lipinski definition) is 1. The van der Waals surface area contributed by atoms with Gasteiger partial charge in [-0.15, -0.1) is 0 Å². The van der Waals surface area contributed by atoms with Crippen molar-refractivity contribution in [2.45, 2.75) is 19.3 Å². The van der Waals surface area contributed by atoms with Crippen LogP contribution in [-0.4, -0.2) is 5.37 Å². The van der Waals surface area contributed by atoms with Crippen LogP contribution in [0.25, 0.3) is 0 Å². The molecular weight excluding hydrogens is 140 g/mol. The molecule has 0 N–H and O–H groups in total. The summed E-state index contributed by atoms with van der Waals surface area (Å²) >= 11 is 4.75. The van der Waals surface area contributed by atoms with Gasteiger partial charge in [-0.25, -0.2) is 0 Å². The third kappa shape index (κ3) is 2.44. The molecule has 1 unspecified atom stereocenters. The van der Waals surface area contributed by atoms with Crippen LogP contribution in [0.4, 0.5) is 0 Å². The van der Waals surface area contributed by atoms with E-state index in [0.717, 1.165) is 12.3 Å². The van der Waals surface area contributed by atoms with Crippen LogP contribution in [-0.2, 0) is 0 Å². The van der Waals surface area contributed by atoms with Gasteiger partial charge in [0.05, 0.1) is 0 Å². The highest BCUT2D eigenvalue weighted by Crippen LogP contribution is 2.16. The molecule has 0 fully saturated rings. The number of thiocarbonyl (C=S) groups is 1. The lowest BCUT2D eigenvalue weighted by atomic mass is 9.96. The second-order valence-corrected chi connectivity index (χ2v) is 2.89. The summed E-state index contributed by atoms with van der Waals surface area (Å²) in [6.45, 7) is 0. The Labute approximate surface area is 67.6 Å². The lowest BCUT2D eigenvalue weighted by molar-refractivity contribution is 0.615. The van der Waals surface area contributed by atoms with Crippen LogP contribution in [0.5, 0.6) is 0 Å². The normalized spacial score (nSPS) is 23.0. The van der Waals surface area contributed by atoms with E-state index in [-0.39, 0.29) is 0 Å². The Morgan fingerprint density at radius 2 is 2.40 bits per heavy atom. The monoisotopic (exact) mass is 152 g/mol. The van der Waals surface area contributed by atoms with Crippen LogP contribution in [0.1, 0.15) is 19.3 Å². The molecule has 0 bridgehead atoms. The molecule has 1 atom stereocenters. The highest BCUT2D eigenvalue weighted by Gasteiger charge is 2.02. The summed E-state index contributed by atoms with van der Waals surface area (Å²) in [5.41, 5.74) is 0. The molecule has 0 aliphatic heterocycles. The Morgan fingerprint density at radius 3 is 3.00 bits per heavy atom. The van der Waals surface area contributed by atoms with Crippen LogP contribution in [0.2, 0.25) is 0 Å². The van der Waals surface area contributed by atoms with Gasteiger partial charge in [0.2, 0.25) is 0 Å². The molecule has 0 heterocycles. The first-order valence-electron chi connectivity index (χ1n) is 3.70. The maximum atomic E-state index is 4.75. The third-order valence-electron chi connectivity index (χ3n) is 1.72. The van der Waals surface area contributed by atoms with E-state index in [0.29, 0.717) is 0 Å². The maximum absolute atomic E-state index is 4.75. The van der Waals surface area contributed by atoms with Crippen molar-refractivity contribution in [1.82, 2.24) is 0 Å². The first-order chi connectivity index (χ1) is 4.93. The van der Waals surface area contributed by atoms with Gasteiger partial charge >= 0.3 is 0 Å². The van der Waals surface area contributed by atoms with Gasteiger partial charge in [0.15, 0.2) is 0 Å². The summed E-state index contributed by atoms with van der Waals surface area (Å²) in [6.07, 6.45) is 12.2. The summed E-state index contributed by atoms with van der Waals surface area (Å²) in [5, 5.41) is 1.83. The molecule has 0 aromatic carbocycles. The quantitative estimate of drug-likeness (QED) is 0.560. The predicted octanol–water partition coefficient (Wildman–Crippen LogP) is 2.90. The number of hydrogen-bond donors (Lipinski definition) is 0.